The summed E-state index contributed by atoms with van der Waals surface area (Å²) in [5.74, 6) is 5.05. The Morgan fingerprint density at radius 2 is 2.14 bits per heavy atom. The van der Waals surface area contributed by atoms with E-state index in [0.717, 1.165) is 17.7 Å². The van der Waals surface area contributed by atoms with Crippen molar-refractivity contribution in [3.05, 3.63) is 59.7 Å². The van der Waals surface area contributed by atoms with E-state index in [1.54, 1.807) is 25.5 Å². The Balaban J connectivity index is 2.17. The first kappa shape index (κ1) is 14.6. The van der Waals surface area contributed by atoms with Gasteiger partial charge in [-0.15, -0.1) is 5.92 Å². The SMILES string of the molecule is CC#C/C(=C\c1ccc(Cn2ccnc2)cc1)C(=O)OC. The van der Waals surface area contributed by atoms with E-state index < -0.39 is 5.97 Å². The van der Waals surface area contributed by atoms with Gasteiger partial charge in [-0.05, 0) is 24.1 Å². The highest BCUT2D eigenvalue weighted by molar-refractivity contribution is 5.98. The number of carbonyl (C=O) groups excluding carboxylic acids is 1. The number of benzene rings is 1. The molecule has 0 radical (unpaired) electrons. The molecule has 2 aromatic rings. The van der Waals surface area contributed by atoms with Crippen LogP contribution in [-0.4, -0.2) is 22.6 Å². The molecule has 0 aliphatic rings. The molecular weight excluding hydrogens is 264 g/mol. The molecule has 0 saturated heterocycles. The van der Waals surface area contributed by atoms with Gasteiger partial charge in [0, 0.05) is 18.9 Å². The fraction of sp³-hybridized carbons (Fsp3) is 0.176. The topological polar surface area (TPSA) is 44.1 Å². The second kappa shape index (κ2) is 7.11. The predicted molar refractivity (Wildman–Crippen MR) is 81.2 cm³/mol. The van der Waals surface area contributed by atoms with Gasteiger partial charge in [0.2, 0.25) is 0 Å². The molecule has 0 aliphatic heterocycles. The zero-order valence-electron chi connectivity index (χ0n) is 12.0. The normalized spacial score (nSPS) is 10.7. The molecule has 2 rings (SSSR count). The lowest BCUT2D eigenvalue weighted by Gasteiger charge is -2.03. The maximum Gasteiger partial charge on any atom is 0.346 e. The summed E-state index contributed by atoms with van der Waals surface area (Å²) >= 11 is 0. The summed E-state index contributed by atoms with van der Waals surface area (Å²) < 4.78 is 6.70. The van der Waals surface area contributed by atoms with Crippen molar-refractivity contribution >= 4 is 12.0 Å². The first-order valence-electron chi connectivity index (χ1n) is 6.50. The Labute approximate surface area is 124 Å². The van der Waals surface area contributed by atoms with E-state index in [1.165, 1.54) is 7.11 Å². The van der Waals surface area contributed by atoms with Gasteiger partial charge in [0.1, 0.15) is 5.57 Å². The lowest BCUT2D eigenvalue weighted by Crippen LogP contribution is -2.02. The Hall–Kier alpha value is -2.80. The highest BCUT2D eigenvalue weighted by Gasteiger charge is 2.06. The molecule has 21 heavy (non-hydrogen) atoms. The monoisotopic (exact) mass is 280 g/mol. The van der Waals surface area contributed by atoms with Crippen molar-refractivity contribution < 1.29 is 9.53 Å². The third-order valence-electron chi connectivity index (χ3n) is 2.88. The average Bonchev–Trinajstić information content (AvgIpc) is 3.01. The molecule has 4 heteroatoms. The Kier molecular flexibility index (Phi) is 4.94. The van der Waals surface area contributed by atoms with Gasteiger partial charge < -0.3 is 9.30 Å². The van der Waals surface area contributed by atoms with E-state index in [4.69, 9.17) is 4.74 Å². The Morgan fingerprint density at radius 3 is 2.71 bits per heavy atom. The minimum atomic E-state index is -0.424. The van der Waals surface area contributed by atoms with Crippen LogP contribution in [0, 0.1) is 11.8 Å². The fourth-order valence-corrected chi connectivity index (χ4v) is 1.87. The minimum Gasteiger partial charge on any atom is -0.465 e. The first-order valence-corrected chi connectivity index (χ1v) is 6.50. The summed E-state index contributed by atoms with van der Waals surface area (Å²) in [5, 5.41) is 0. The third kappa shape index (κ3) is 4.08. The quantitative estimate of drug-likeness (QED) is 0.491. The van der Waals surface area contributed by atoms with Gasteiger partial charge >= 0.3 is 5.97 Å². The van der Waals surface area contributed by atoms with Crippen molar-refractivity contribution in [2.24, 2.45) is 0 Å². The summed E-state index contributed by atoms with van der Waals surface area (Å²) in [4.78, 5) is 15.6. The molecule has 0 bridgehead atoms. The van der Waals surface area contributed by atoms with E-state index in [2.05, 4.69) is 16.8 Å². The lowest BCUT2D eigenvalue weighted by atomic mass is 10.1. The maximum absolute atomic E-state index is 11.6. The number of aromatic nitrogens is 2. The number of esters is 1. The largest absolute Gasteiger partial charge is 0.465 e. The average molecular weight is 280 g/mol. The smallest absolute Gasteiger partial charge is 0.346 e. The van der Waals surface area contributed by atoms with Gasteiger partial charge in [0.25, 0.3) is 0 Å². The fourth-order valence-electron chi connectivity index (χ4n) is 1.87. The number of imidazole rings is 1. The molecule has 0 atom stereocenters. The van der Waals surface area contributed by atoms with Crippen molar-refractivity contribution in [3.63, 3.8) is 0 Å². The van der Waals surface area contributed by atoms with Gasteiger partial charge in [0.05, 0.1) is 13.4 Å². The van der Waals surface area contributed by atoms with Crippen LogP contribution < -0.4 is 0 Å². The van der Waals surface area contributed by atoms with Crippen LogP contribution in [0.5, 0.6) is 0 Å². The Bertz CT molecular complexity index is 687. The van der Waals surface area contributed by atoms with Crippen molar-refractivity contribution in [2.75, 3.05) is 7.11 Å². The van der Waals surface area contributed by atoms with Crippen molar-refractivity contribution in [1.82, 2.24) is 9.55 Å². The Morgan fingerprint density at radius 1 is 1.38 bits per heavy atom. The van der Waals surface area contributed by atoms with E-state index >= 15 is 0 Å². The van der Waals surface area contributed by atoms with Crippen LogP contribution >= 0.6 is 0 Å². The van der Waals surface area contributed by atoms with E-state index in [-0.39, 0.29) is 0 Å². The predicted octanol–water partition coefficient (Wildman–Crippen LogP) is 2.51. The van der Waals surface area contributed by atoms with Crippen LogP contribution in [0.15, 0.2) is 48.6 Å². The minimum absolute atomic E-state index is 0.349. The number of hydrogen-bond acceptors (Lipinski definition) is 3. The van der Waals surface area contributed by atoms with Crippen molar-refractivity contribution in [2.45, 2.75) is 13.5 Å². The molecule has 106 valence electrons. The van der Waals surface area contributed by atoms with Crippen molar-refractivity contribution in [3.8, 4) is 11.8 Å². The standard InChI is InChI=1S/C17H16N2O2/c1-3-4-16(17(20)21-2)11-14-5-7-15(8-6-14)12-19-10-9-18-13-19/h5-11,13H,12H2,1-2H3/b16-11+. The second-order valence-corrected chi connectivity index (χ2v) is 4.40. The van der Waals surface area contributed by atoms with Gasteiger partial charge in [-0.3, -0.25) is 0 Å². The van der Waals surface area contributed by atoms with Crippen LogP contribution in [-0.2, 0) is 16.1 Å². The summed E-state index contributed by atoms with van der Waals surface area (Å²) in [5.41, 5.74) is 2.42. The molecule has 1 aromatic heterocycles. The molecule has 0 aliphatic carbocycles. The number of ether oxygens (including phenoxy) is 1. The van der Waals surface area contributed by atoms with Gasteiger partial charge in [-0.1, -0.05) is 30.2 Å². The maximum atomic E-state index is 11.6. The lowest BCUT2D eigenvalue weighted by molar-refractivity contribution is -0.135. The van der Waals surface area contributed by atoms with Gasteiger partial charge in [-0.25, -0.2) is 9.78 Å². The van der Waals surface area contributed by atoms with Crippen LogP contribution in [0.25, 0.3) is 6.08 Å². The van der Waals surface area contributed by atoms with Crippen LogP contribution in [0.3, 0.4) is 0 Å². The molecule has 1 heterocycles. The van der Waals surface area contributed by atoms with Crippen LogP contribution in [0.1, 0.15) is 18.1 Å². The molecule has 1 aromatic carbocycles. The molecule has 4 nitrogen and oxygen atoms in total. The van der Waals surface area contributed by atoms with E-state index in [9.17, 15) is 4.79 Å². The number of nitrogens with zero attached hydrogens (tertiary/aromatic N) is 2. The zero-order valence-corrected chi connectivity index (χ0v) is 12.0. The highest BCUT2D eigenvalue weighted by Crippen LogP contribution is 2.11. The molecule has 0 amide bonds. The number of methoxy groups -OCH3 is 1. The molecule has 0 fully saturated rings. The first-order chi connectivity index (χ1) is 10.2. The van der Waals surface area contributed by atoms with Crippen LogP contribution in [0.2, 0.25) is 0 Å². The van der Waals surface area contributed by atoms with E-state index in [0.29, 0.717) is 5.57 Å². The van der Waals surface area contributed by atoms with Crippen molar-refractivity contribution in [1.29, 1.82) is 0 Å². The van der Waals surface area contributed by atoms with Gasteiger partial charge in [0.15, 0.2) is 0 Å². The van der Waals surface area contributed by atoms with E-state index in [1.807, 2.05) is 35.0 Å². The number of carbonyl (C=O) groups is 1. The number of rotatable bonds is 4. The number of hydrogen-bond donors (Lipinski definition) is 0. The molecular formula is C17H16N2O2. The summed E-state index contributed by atoms with van der Waals surface area (Å²) in [6.45, 7) is 2.45. The second-order valence-electron chi connectivity index (χ2n) is 4.40. The zero-order chi connectivity index (χ0) is 15.1. The van der Waals surface area contributed by atoms with Crippen LogP contribution in [0.4, 0.5) is 0 Å². The molecule has 0 unspecified atom stereocenters. The summed E-state index contributed by atoms with van der Waals surface area (Å²) in [7, 11) is 1.35. The third-order valence-corrected chi connectivity index (χ3v) is 2.88. The van der Waals surface area contributed by atoms with Gasteiger partial charge in [-0.2, -0.15) is 0 Å². The summed E-state index contributed by atoms with van der Waals surface area (Å²) in [6, 6.07) is 7.93. The molecule has 0 N–H and O–H groups in total. The highest BCUT2D eigenvalue weighted by atomic mass is 16.5. The summed E-state index contributed by atoms with van der Waals surface area (Å²) in [6.07, 6.45) is 7.17. The molecule has 0 saturated carbocycles. The molecule has 0 spiro atoms.